The molecule has 0 bridgehead atoms. The van der Waals surface area contributed by atoms with Gasteiger partial charge in [0.25, 0.3) is 5.69 Å². The molecule has 0 atom stereocenters. The van der Waals surface area contributed by atoms with E-state index in [0.717, 1.165) is 12.1 Å². The summed E-state index contributed by atoms with van der Waals surface area (Å²) in [6.45, 7) is 0. The lowest BCUT2D eigenvalue weighted by molar-refractivity contribution is -0.383. The summed E-state index contributed by atoms with van der Waals surface area (Å²) in [7, 11) is 0. The fourth-order valence-corrected chi connectivity index (χ4v) is 2.74. The van der Waals surface area contributed by atoms with Crippen LogP contribution in [-0.4, -0.2) is 27.3 Å². The lowest BCUT2D eigenvalue weighted by Crippen LogP contribution is -2.17. The Morgan fingerprint density at radius 3 is 2.54 bits per heavy atom. The molecule has 1 aromatic heterocycles. The van der Waals surface area contributed by atoms with Gasteiger partial charge in [-0.15, -0.1) is 13.2 Å². The number of benzene rings is 2. The number of fused-ring (bicyclic) bond motifs is 1. The number of hydrogen-bond donors (Lipinski definition) is 3. The SMILES string of the molecule is O=C(O)c1cc2c(Nc3ccc(OC(F)(F)F)c(Cl)c3)ccc([N+](=O)[O-])c2[nH]1. The zero-order chi connectivity index (χ0) is 20.6. The number of carboxylic acids is 1. The van der Waals surface area contributed by atoms with E-state index in [1.807, 2.05) is 0 Å². The number of rotatable bonds is 5. The average molecular weight is 416 g/mol. The first kappa shape index (κ1) is 19.3. The van der Waals surface area contributed by atoms with Crippen molar-refractivity contribution in [2.24, 2.45) is 0 Å². The number of non-ortho nitro benzene ring substituents is 1. The molecule has 3 rings (SSSR count). The molecule has 0 amide bonds. The Balaban J connectivity index is 2.01. The Bertz CT molecular complexity index is 1100. The van der Waals surface area contributed by atoms with Crippen molar-refractivity contribution in [3.8, 4) is 5.75 Å². The van der Waals surface area contributed by atoms with Crippen LogP contribution in [-0.2, 0) is 0 Å². The second kappa shape index (κ2) is 6.93. The summed E-state index contributed by atoms with van der Waals surface area (Å²) in [4.78, 5) is 24.1. The number of nitrogens with one attached hydrogen (secondary N) is 2. The molecule has 3 N–H and O–H groups in total. The van der Waals surface area contributed by atoms with Gasteiger partial charge in [0, 0.05) is 22.8 Å². The number of aromatic carboxylic acids is 1. The summed E-state index contributed by atoms with van der Waals surface area (Å²) in [6, 6.07) is 7.13. The van der Waals surface area contributed by atoms with E-state index < -0.39 is 23.0 Å². The third-order valence-electron chi connectivity index (χ3n) is 3.64. The highest BCUT2D eigenvalue weighted by Crippen LogP contribution is 2.36. The Labute approximate surface area is 158 Å². The fraction of sp³-hybridized carbons (Fsp3) is 0.0625. The molecule has 0 aliphatic heterocycles. The van der Waals surface area contributed by atoms with Gasteiger partial charge in [-0.25, -0.2) is 4.79 Å². The largest absolute Gasteiger partial charge is 0.573 e. The Morgan fingerprint density at radius 1 is 1.25 bits per heavy atom. The maximum Gasteiger partial charge on any atom is 0.573 e. The van der Waals surface area contributed by atoms with Crippen molar-refractivity contribution >= 4 is 45.5 Å². The minimum Gasteiger partial charge on any atom is -0.477 e. The van der Waals surface area contributed by atoms with Gasteiger partial charge in [-0.3, -0.25) is 10.1 Å². The highest BCUT2D eigenvalue weighted by molar-refractivity contribution is 6.32. The van der Waals surface area contributed by atoms with Gasteiger partial charge < -0.3 is 20.1 Å². The van der Waals surface area contributed by atoms with Crippen LogP contribution in [0.15, 0.2) is 36.4 Å². The van der Waals surface area contributed by atoms with Gasteiger partial charge in [0.2, 0.25) is 0 Å². The zero-order valence-electron chi connectivity index (χ0n) is 13.5. The Morgan fingerprint density at radius 2 is 1.96 bits per heavy atom. The number of aromatic nitrogens is 1. The summed E-state index contributed by atoms with van der Waals surface area (Å²) in [5, 5.41) is 23.0. The number of anilines is 2. The van der Waals surface area contributed by atoms with Crippen LogP contribution < -0.4 is 10.1 Å². The molecule has 0 saturated heterocycles. The first-order chi connectivity index (χ1) is 13.0. The average Bonchev–Trinajstić information content (AvgIpc) is 3.02. The van der Waals surface area contributed by atoms with Crippen LogP contribution >= 0.6 is 11.6 Å². The van der Waals surface area contributed by atoms with Crippen molar-refractivity contribution < 1.29 is 32.7 Å². The highest BCUT2D eigenvalue weighted by atomic mass is 35.5. The van der Waals surface area contributed by atoms with Crippen molar-refractivity contribution in [3.05, 3.63) is 57.2 Å². The molecule has 1 heterocycles. The van der Waals surface area contributed by atoms with E-state index in [1.54, 1.807) is 0 Å². The molecule has 146 valence electrons. The maximum atomic E-state index is 12.3. The number of carboxylic acid groups (broad SMARTS) is 1. The summed E-state index contributed by atoms with van der Waals surface area (Å²) in [6.07, 6.45) is -4.90. The second-order valence-electron chi connectivity index (χ2n) is 5.48. The van der Waals surface area contributed by atoms with Gasteiger partial charge >= 0.3 is 12.3 Å². The molecule has 28 heavy (non-hydrogen) atoms. The molecule has 8 nitrogen and oxygen atoms in total. The van der Waals surface area contributed by atoms with Crippen molar-refractivity contribution in [2.45, 2.75) is 6.36 Å². The number of halogens is 4. The summed E-state index contributed by atoms with van der Waals surface area (Å²) >= 11 is 5.79. The molecule has 0 unspecified atom stereocenters. The number of aromatic amines is 1. The molecule has 0 aliphatic rings. The summed E-state index contributed by atoms with van der Waals surface area (Å²) in [5.41, 5.74) is -0.0764. The van der Waals surface area contributed by atoms with E-state index in [9.17, 15) is 28.1 Å². The van der Waals surface area contributed by atoms with Crippen LogP contribution in [0.3, 0.4) is 0 Å². The van der Waals surface area contributed by atoms with E-state index in [4.69, 9.17) is 16.7 Å². The van der Waals surface area contributed by atoms with Crippen LogP contribution in [0, 0.1) is 10.1 Å². The van der Waals surface area contributed by atoms with Gasteiger partial charge in [0.05, 0.1) is 9.95 Å². The Hall–Kier alpha value is -3.47. The van der Waals surface area contributed by atoms with Gasteiger partial charge in [-0.2, -0.15) is 0 Å². The standard InChI is InChI=1S/C16H9ClF3N3O5/c17-9-5-7(1-4-13(9)28-16(18,19)20)21-10-2-3-12(23(26)27)14-8(10)6-11(22-14)15(24)25/h1-6,21-22H,(H,24,25). The smallest absolute Gasteiger partial charge is 0.477 e. The van der Waals surface area contributed by atoms with E-state index in [1.165, 1.54) is 24.3 Å². The lowest BCUT2D eigenvalue weighted by Gasteiger charge is -2.13. The van der Waals surface area contributed by atoms with Gasteiger partial charge in [-0.05, 0) is 30.3 Å². The minimum atomic E-state index is -4.90. The summed E-state index contributed by atoms with van der Waals surface area (Å²) in [5.74, 6) is -1.91. The first-order valence-corrected chi connectivity index (χ1v) is 7.78. The molecular formula is C16H9ClF3N3O5. The number of ether oxygens (including phenoxy) is 1. The summed E-state index contributed by atoms with van der Waals surface area (Å²) < 4.78 is 40.7. The van der Waals surface area contributed by atoms with Crippen LogP contribution in [0.2, 0.25) is 5.02 Å². The molecule has 0 fully saturated rings. The Kier molecular flexibility index (Phi) is 4.77. The number of H-pyrrole nitrogens is 1. The molecular weight excluding hydrogens is 407 g/mol. The van der Waals surface area contributed by atoms with E-state index in [2.05, 4.69) is 15.0 Å². The van der Waals surface area contributed by atoms with Crippen molar-refractivity contribution in [1.29, 1.82) is 0 Å². The molecule has 0 aliphatic carbocycles. The monoisotopic (exact) mass is 415 g/mol. The number of nitro benzene ring substituents is 1. The van der Waals surface area contributed by atoms with Crippen molar-refractivity contribution in [3.63, 3.8) is 0 Å². The van der Waals surface area contributed by atoms with Gasteiger partial charge in [0.15, 0.2) is 0 Å². The van der Waals surface area contributed by atoms with Gasteiger partial charge in [0.1, 0.15) is 17.0 Å². The molecule has 2 aromatic carbocycles. The predicted molar refractivity (Wildman–Crippen MR) is 93.3 cm³/mol. The maximum absolute atomic E-state index is 12.3. The minimum absolute atomic E-state index is 0.0180. The number of nitrogens with zero attached hydrogens (tertiary/aromatic N) is 1. The van der Waals surface area contributed by atoms with Crippen LogP contribution in [0.4, 0.5) is 30.2 Å². The normalized spacial score (nSPS) is 11.4. The first-order valence-electron chi connectivity index (χ1n) is 7.41. The van der Waals surface area contributed by atoms with Crippen molar-refractivity contribution in [2.75, 3.05) is 5.32 Å². The number of carbonyl (C=O) groups is 1. The molecule has 0 spiro atoms. The predicted octanol–water partition coefficient (Wildman–Crippen LogP) is 5.07. The second-order valence-corrected chi connectivity index (χ2v) is 5.89. The van der Waals surface area contributed by atoms with Crippen LogP contribution in [0.25, 0.3) is 10.9 Å². The quantitative estimate of drug-likeness (QED) is 0.395. The third-order valence-corrected chi connectivity index (χ3v) is 3.93. The topological polar surface area (TPSA) is 117 Å². The molecule has 0 saturated carbocycles. The molecule has 12 heteroatoms. The zero-order valence-corrected chi connectivity index (χ0v) is 14.3. The third kappa shape index (κ3) is 3.93. The molecule has 0 radical (unpaired) electrons. The lowest BCUT2D eigenvalue weighted by atomic mass is 10.1. The van der Waals surface area contributed by atoms with E-state index in [-0.39, 0.29) is 38.7 Å². The van der Waals surface area contributed by atoms with E-state index in [0.29, 0.717) is 0 Å². The van der Waals surface area contributed by atoms with Crippen LogP contribution in [0.5, 0.6) is 5.75 Å². The van der Waals surface area contributed by atoms with Crippen LogP contribution in [0.1, 0.15) is 10.5 Å². The fourth-order valence-electron chi connectivity index (χ4n) is 2.52. The molecule has 3 aromatic rings. The van der Waals surface area contributed by atoms with E-state index >= 15 is 0 Å². The highest BCUT2D eigenvalue weighted by Gasteiger charge is 2.32. The van der Waals surface area contributed by atoms with Crippen molar-refractivity contribution in [1.82, 2.24) is 4.98 Å². The number of alkyl halides is 3. The number of hydrogen-bond acceptors (Lipinski definition) is 5. The number of nitro groups is 1. The van der Waals surface area contributed by atoms with Gasteiger partial charge in [-0.1, -0.05) is 11.6 Å².